The number of carbonyl (C=O) groups is 3. The molecule has 0 bridgehead atoms. The maximum absolute atomic E-state index is 13.2. The van der Waals surface area contributed by atoms with Gasteiger partial charge in [-0.1, -0.05) is 36.0 Å². The number of nitrogen functional groups attached to an aromatic ring is 1. The molecule has 43 heavy (non-hydrogen) atoms. The second-order valence-corrected chi connectivity index (χ2v) is 11.7. The summed E-state index contributed by atoms with van der Waals surface area (Å²) in [6.45, 7) is 6.06. The number of amides is 2. The van der Waals surface area contributed by atoms with Crippen molar-refractivity contribution in [3.8, 4) is 0 Å². The van der Waals surface area contributed by atoms with Gasteiger partial charge < -0.3 is 26.3 Å². The smallest absolute Gasteiger partial charge is 0.362 e. The van der Waals surface area contributed by atoms with Crippen molar-refractivity contribution < 1.29 is 37.3 Å². The Bertz CT molecular complexity index is 1610. The first-order chi connectivity index (χ1) is 20.4. The summed E-state index contributed by atoms with van der Waals surface area (Å²) in [6.07, 6.45) is 9.07. The fourth-order valence-corrected chi connectivity index (χ4v) is 5.41. The van der Waals surface area contributed by atoms with E-state index in [-0.39, 0.29) is 34.5 Å². The Hall–Kier alpha value is -4.46. The molecule has 3 heterocycles. The van der Waals surface area contributed by atoms with Crippen LogP contribution < -0.4 is 16.4 Å². The Morgan fingerprint density at radius 2 is 2.14 bits per heavy atom. The number of aliphatic carboxylic acids is 1. The number of anilines is 1. The zero-order valence-electron chi connectivity index (χ0n) is 22.8. The highest BCUT2D eigenvalue weighted by molar-refractivity contribution is 7.84. The van der Waals surface area contributed by atoms with Gasteiger partial charge in [0.05, 0.1) is 18.4 Å². The van der Waals surface area contributed by atoms with E-state index in [0.29, 0.717) is 18.8 Å². The summed E-state index contributed by atoms with van der Waals surface area (Å²) >= 11 is 0.976. The normalized spacial score (nSPS) is 20.1. The van der Waals surface area contributed by atoms with Gasteiger partial charge in [-0.15, -0.1) is 11.3 Å². The first-order valence-corrected chi connectivity index (χ1v) is 15.0. The molecule has 4 rings (SSSR count). The first kappa shape index (κ1) is 31.5. The summed E-state index contributed by atoms with van der Waals surface area (Å²) < 4.78 is 33.8. The van der Waals surface area contributed by atoms with Gasteiger partial charge in [-0.2, -0.15) is 23.4 Å². The molecule has 2 aromatic rings. The number of oxime groups is 1. The molecule has 1 aliphatic heterocycles. The van der Waals surface area contributed by atoms with Gasteiger partial charge in [0.1, 0.15) is 17.8 Å². The summed E-state index contributed by atoms with van der Waals surface area (Å²) in [5.41, 5.74) is 5.06. The van der Waals surface area contributed by atoms with Crippen LogP contribution in [0.4, 0.5) is 5.13 Å². The molecule has 230 valence electrons. The van der Waals surface area contributed by atoms with Crippen molar-refractivity contribution in [2.75, 3.05) is 12.3 Å². The molecule has 2 aliphatic rings. The lowest BCUT2D eigenvalue weighted by molar-refractivity contribution is -0.153. The molecule has 0 aromatic carbocycles. The van der Waals surface area contributed by atoms with E-state index in [1.165, 1.54) is 11.6 Å². The van der Waals surface area contributed by atoms with E-state index in [1.54, 1.807) is 12.2 Å². The van der Waals surface area contributed by atoms with E-state index in [2.05, 4.69) is 37.5 Å². The summed E-state index contributed by atoms with van der Waals surface area (Å²) in [7, 11) is -5.00. The number of hydrogen-bond donors (Lipinski definition) is 5. The molecule has 0 spiro atoms. The van der Waals surface area contributed by atoms with E-state index in [0.717, 1.165) is 21.7 Å². The molecular formula is C24H29N9O8S2. The zero-order chi connectivity index (χ0) is 31.4. The van der Waals surface area contributed by atoms with Gasteiger partial charge in [0, 0.05) is 31.3 Å². The van der Waals surface area contributed by atoms with Gasteiger partial charge in [0.15, 0.2) is 10.8 Å². The van der Waals surface area contributed by atoms with Crippen molar-refractivity contribution in [3.63, 3.8) is 0 Å². The molecule has 1 saturated heterocycles. The van der Waals surface area contributed by atoms with Crippen LogP contribution in [0.3, 0.4) is 0 Å². The molecule has 2 fully saturated rings. The minimum atomic E-state index is -5.00. The lowest BCUT2D eigenvalue weighted by atomic mass is 9.98. The maximum atomic E-state index is 13.2. The third kappa shape index (κ3) is 7.31. The maximum Gasteiger partial charge on any atom is 0.362 e. The topological polar surface area (TPSA) is 244 Å². The number of carboxylic acid groups (broad SMARTS) is 1. The lowest BCUT2D eigenvalue weighted by Crippen LogP contribution is -2.73. The van der Waals surface area contributed by atoms with Crippen molar-refractivity contribution in [2.24, 2.45) is 5.16 Å². The van der Waals surface area contributed by atoms with Crippen LogP contribution in [0.25, 0.3) is 0 Å². The number of rotatable bonds is 15. The summed E-state index contributed by atoms with van der Waals surface area (Å²) in [6, 6.07) is -2.76. The number of aromatic nitrogens is 4. The first-order valence-electron chi connectivity index (χ1n) is 12.7. The van der Waals surface area contributed by atoms with Crippen molar-refractivity contribution in [1.82, 2.24) is 34.9 Å². The van der Waals surface area contributed by atoms with Gasteiger partial charge in [0.2, 0.25) is 5.60 Å². The van der Waals surface area contributed by atoms with E-state index < -0.39 is 51.5 Å². The molecule has 0 unspecified atom stereocenters. The fourth-order valence-electron chi connectivity index (χ4n) is 4.00. The monoisotopic (exact) mass is 635 g/mol. The largest absolute Gasteiger partial charge is 0.478 e. The van der Waals surface area contributed by atoms with Gasteiger partial charge in [0.25, 0.3) is 11.8 Å². The van der Waals surface area contributed by atoms with Crippen LogP contribution in [0.15, 0.2) is 53.2 Å². The molecule has 17 nitrogen and oxygen atoms in total. The van der Waals surface area contributed by atoms with Crippen molar-refractivity contribution >= 4 is 50.3 Å². The molecule has 0 radical (unpaired) electrons. The Labute approximate surface area is 249 Å². The van der Waals surface area contributed by atoms with Gasteiger partial charge in [-0.05, 0) is 12.5 Å². The molecule has 2 atom stereocenters. The molecule has 1 saturated carbocycles. The predicted molar refractivity (Wildman–Crippen MR) is 153 cm³/mol. The highest BCUT2D eigenvalue weighted by Gasteiger charge is 2.56. The number of β-lactam (4-membered cyclic amide) rings is 1. The van der Waals surface area contributed by atoms with E-state index >= 15 is 0 Å². The average Bonchev–Trinajstić information content (AvgIpc) is 3.42. The summed E-state index contributed by atoms with van der Waals surface area (Å²) in [5.74, 6) is -3.41. The number of nitrogens with one attached hydrogen (secondary N) is 2. The number of carboxylic acids is 1. The number of allylic oxidation sites excluding steroid dienone is 3. The van der Waals surface area contributed by atoms with Crippen LogP contribution in [0.2, 0.25) is 0 Å². The minimum Gasteiger partial charge on any atom is -0.478 e. The molecule has 2 amide bonds. The van der Waals surface area contributed by atoms with E-state index in [1.807, 2.05) is 19.1 Å². The van der Waals surface area contributed by atoms with Crippen LogP contribution in [0.5, 0.6) is 0 Å². The van der Waals surface area contributed by atoms with Crippen molar-refractivity contribution in [3.05, 3.63) is 59.4 Å². The van der Waals surface area contributed by atoms with E-state index in [4.69, 9.17) is 10.6 Å². The van der Waals surface area contributed by atoms with Crippen molar-refractivity contribution in [2.45, 2.75) is 50.5 Å². The standard InChI is InChI=1S/C24H29N9O8S2/c1-3-5-6-14(4-2)9-26-10-15-11-27-32(30-15)12-17-19(21(35)33(17)43(38,39)40)29-20(34)18(16-13-42-23(25)28-16)31-41-24(7-8-24)22(36)37/h3-6,11,13,17,19,26H,1,7-10,12H2,2H3,(H2,25,28)(H,29,34)(H,36,37)(H,38,39,40)/b6-5-,14-4+,31-18-/t17-,19+/m1/s1. The Kier molecular flexibility index (Phi) is 9.38. The Morgan fingerprint density at radius 1 is 1.40 bits per heavy atom. The number of carbonyl (C=O) groups excluding carboxylic acids is 2. The zero-order valence-corrected chi connectivity index (χ0v) is 24.4. The van der Waals surface area contributed by atoms with Crippen LogP contribution in [-0.4, -0.2) is 90.1 Å². The molecule has 2 aromatic heterocycles. The second-order valence-electron chi connectivity index (χ2n) is 9.48. The van der Waals surface area contributed by atoms with Crippen LogP contribution in [0, 0.1) is 0 Å². The van der Waals surface area contributed by atoms with Crippen LogP contribution >= 0.6 is 11.3 Å². The predicted octanol–water partition coefficient (Wildman–Crippen LogP) is -0.369. The quantitative estimate of drug-likeness (QED) is 0.0552. The lowest BCUT2D eigenvalue weighted by Gasteiger charge is -2.43. The minimum absolute atomic E-state index is 0.0527. The molecule has 19 heteroatoms. The highest BCUT2D eigenvalue weighted by Crippen LogP contribution is 2.40. The second kappa shape index (κ2) is 12.8. The number of nitrogens with zero attached hydrogens (tertiary/aromatic N) is 6. The van der Waals surface area contributed by atoms with Crippen LogP contribution in [-0.2, 0) is 42.6 Å². The van der Waals surface area contributed by atoms with E-state index in [9.17, 15) is 32.5 Å². The molecule has 1 aliphatic carbocycles. The Morgan fingerprint density at radius 3 is 2.72 bits per heavy atom. The SMILES string of the molecule is C=C/C=C\C(=C/C)CNCc1cnn(C[C@@H]2[C@H](NC(=O)/C(=N\OC3(C(=O)O)CC3)c3csc(N)n3)C(=O)N2S(=O)(=O)O)n1. The summed E-state index contributed by atoms with van der Waals surface area (Å²) in [5, 5.41) is 28.5. The average molecular weight is 636 g/mol. The van der Waals surface area contributed by atoms with Gasteiger partial charge in [-0.3, -0.25) is 14.1 Å². The number of hydrogen-bond acceptors (Lipinski definition) is 13. The number of thiazole rings is 1. The fraction of sp³-hybridized carbons (Fsp3) is 0.375. The summed E-state index contributed by atoms with van der Waals surface area (Å²) in [4.78, 5) is 47.7. The third-order valence-electron chi connectivity index (χ3n) is 6.48. The third-order valence-corrected chi connectivity index (χ3v) is 8.10. The number of nitrogens with two attached hydrogens (primary N) is 1. The molecular weight excluding hydrogens is 606 g/mol. The van der Waals surface area contributed by atoms with Crippen LogP contribution in [0.1, 0.15) is 31.2 Å². The highest BCUT2D eigenvalue weighted by atomic mass is 32.2. The van der Waals surface area contributed by atoms with Gasteiger partial charge in [-0.25, -0.2) is 14.1 Å². The van der Waals surface area contributed by atoms with Crippen molar-refractivity contribution in [1.29, 1.82) is 0 Å². The molecule has 6 N–H and O–H groups in total. The van der Waals surface area contributed by atoms with Gasteiger partial charge >= 0.3 is 16.3 Å². The Balaban J connectivity index is 1.48.